The van der Waals surface area contributed by atoms with Crippen molar-refractivity contribution in [1.29, 1.82) is 0 Å². The molecule has 5 nitrogen and oxygen atoms in total. The molecule has 2 aromatic carbocycles. The van der Waals surface area contributed by atoms with E-state index in [1.54, 1.807) is 12.1 Å². The van der Waals surface area contributed by atoms with E-state index in [9.17, 15) is 13.2 Å². The van der Waals surface area contributed by atoms with Crippen molar-refractivity contribution in [3.63, 3.8) is 0 Å². The Balaban J connectivity index is 1.40. The van der Waals surface area contributed by atoms with Gasteiger partial charge in [-0.1, -0.05) is 36.8 Å². The SMILES string of the molecule is Cc1ccc(Oc2nc(N3CCC(C)CC3)nc3c2CN(Cc2ccc(C(F)(F)F)cc2)CC3)cc1. The summed E-state index contributed by atoms with van der Waals surface area (Å²) in [5.41, 5.74) is 3.30. The minimum atomic E-state index is -4.33. The molecule has 36 heavy (non-hydrogen) atoms. The van der Waals surface area contributed by atoms with Crippen molar-refractivity contribution in [2.24, 2.45) is 5.92 Å². The second-order valence-corrected chi connectivity index (χ2v) is 9.99. The molecule has 2 aliphatic heterocycles. The molecule has 3 aromatic rings. The highest BCUT2D eigenvalue weighted by Gasteiger charge is 2.30. The summed E-state index contributed by atoms with van der Waals surface area (Å²) in [6, 6.07) is 13.3. The van der Waals surface area contributed by atoms with Gasteiger partial charge in [0.05, 0.1) is 16.8 Å². The summed E-state index contributed by atoms with van der Waals surface area (Å²) in [4.78, 5) is 14.3. The zero-order valence-electron chi connectivity index (χ0n) is 20.7. The van der Waals surface area contributed by atoms with E-state index in [1.807, 2.05) is 31.2 Å². The highest BCUT2D eigenvalue weighted by molar-refractivity contribution is 5.44. The second kappa shape index (κ2) is 10.1. The first kappa shape index (κ1) is 24.6. The van der Waals surface area contributed by atoms with Crippen molar-refractivity contribution in [2.45, 2.75) is 52.4 Å². The molecule has 0 atom stereocenters. The number of benzene rings is 2. The zero-order chi connectivity index (χ0) is 25.3. The lowest BCUT2D eigenvalue weighted by Crippen LogP contribution is -2.36. The molecule has 190 valence electrons. The molecule has 0 aliphatic carbocycles. The van der Waals surface area contributed by atoms with Gasteiger partial charge in [0.2, 0.25) is 11.8 Å². The van der Waals surface area contributed by atoms with E-state index in [0.717, 1.165) is 85.1 Å². The van der Waals surface area contributed by atoms with Gasteiger partial charge in [-0.15, -0.1) is 0 Å². The maximum absolute atomic E-state index is 12.9. The van der Waals surface area contributed by atoms with E-state index in [1.165, 1.54) is 0 Å². The number of nitrogens with zero attached hydrogens (tertiary/aromatic N) is 4. The smallest absolute Gasteiger partial charge is 0.416 e. The zero-order valence-corrected chi connectivity index (χ0v) is 20.7. The molecule has 3 heterocycles. The van der Waals surface area contributed by atoms with E-state index < -0.39 is 11.7 Å². The molecular formula is C28H31F3N4O. The monoisotopic (exact) mass is 496 g/mol. The van der Waals surface area contributed by atoms with E-state index in [2.05, 4.69) is 16.7 Å². The molecule has 0 bridgehead atoms. The van der Waals surface area contributed by atoms with Crippen LogP contribution in [0.25, 0.3) is 0 Å². The Hall–Kier alpha value is -3.13. The predicted molar refractivity (Wildman–Crippen MR) is 133 cm³/mol. The van der Waals surface area contributed by atoms with Gasteiger partial charge < -0.3 is 9.64 Å². The van der Waals surface area contributed by atoms with Crippen LogP contribution >= 0.6 is 0 Å². The molecule has 0 unspecified atom stereocenters. The summed E-state index contributed by atoms with van der Waals surface area (Å²) in [6.07, 6.45) is -1.35. The summed E-state index contributed by atoms with van der Waals surface area (Å²) >= 11 is 0. The van der Waals surface area contributed by atoms with Crippen molar-refractivity contribution in [3.8, 4) is 11.6 Å². The highest BCUT2D eigenvalue weighted by atomic mass is 19.4. The van der Waals surface area contributed by atoms with Gasteiger partial charge in [-0.2, -0.15) is 18.2 Å². The van der Waals surface area contributed by atoms with Crippen LogP contribution in [-0.2, 0) is 25.7 Å². The molecule has 1 saturated heterocycles. The normalized spacial score (nSPS) is 17.2. The lowest BCUT2D eigenvalue weighted by Gasteiger charge is -2.33. The number of fused-ring (bicyclic) bond motifs is 1. The van der Waals surface area contributed by atoms with Crippen LogP contribution in [0, 0.1) is 12.8 Å². The van der Waals surface area contributed by atoms with Crippen LogP contribution < -0.4 is 9.64 Å². The average molecular weight is 497 g/mol. The van der Waals surface area contributed by atoms with Gasteiger partial charge in [-0.05, 0) is 55.5 Å². The van der Waals surface area contributed by atoms with Crippen molar-refractivity contribution < 1.29 is 17.9 Å². The van der Waals surface area contributed by atoms with Crippen LogP contribution in [0.1, 0.15) is 47.7 Å². The molecule has 0 radical (unpaired) electrons. The third-order valence-corrected chi connectivity index (χ3v) is 7.08. The number of aryl methyl sites for hydroxylation is 1. The van der Waals surface area contributed by atoms with E-state index >= 15 is 0 Å². The largest absolute Gasteiger partial charge is 0.439 e. The molecule has 8 heteroatoms. The van der Waals surface area contributed by atoms with Gasteiger partial charge in [0.25, 0.3) is 0 Å². The lowest BCUT2D eigenvalue weighted by atomic mass is 9.99. The molecule has 0 amide bonds. The minimum absolute atomic E-state index is 0.549. The summed E-state index contributed by atoms with van der Waals surface area (Å²) in [5, 5.41) is 0. The van der Waals surface area contributed by atoms with E-state index in [-0.39, 0.29) is 0 Å². The molecular weight excluding hydrogens is 465 g/mol. The van der Waals surface area contributed by atoms with Gasteiger partial charge >= 0.3 is 6.18 Å². The molecule has 0 N–H and O–H groups in total. The van der Waals surface area contributed by atoms with Crippen LogP contribution in [0.5, 0.6) is 11.6 Å². The first-order chi connectivity index (χ1) is 17.2. The van der Waals surface area contributed by atoms with Crippen LogP contribution in [0.15, 0.2) is 48.5 Å². The third kappa shape index (κ3) is 5.64. The lowest BCUT2D eigenvalue weighted by molar-refractivity contribution is -0.137. The Kier molecular flexibility index (Phi) is 6.88. The van der Waals surface area contributed by atoms with Crippen LogP contribution in [-0.4, -0.2) is 34.5 Å². The predicted octanol–water partition coefficient (Wildman–Crippen LogP) is 6.39. The number of hydrogen-bond donors (Lipinski definition) is 0. The fourth-order valence-electron chi connectivity index (χ4n) is 4.77. The Morgan fingerprint density at radius 1 is 0.944 bits per heavy atom. The summed E-state index contributed by atoms with van der Waals surface area (Å²) in [6.45, 7) is 8.08. The molecule has 2 aliphatic rings. The van der Waals surface area contributed by atoms with Crippen molar-refractivity contribution >= 4 is 5.95 Å². The molecule has 0 spiro atoms. The molecule has 1 fully saturated rings. The number of ether oxygens (including phenoxy) is 1. The minimum Gasteiger partial charge on any atom is -0.439 e. The number of anilines is 1. The number of halogens is 3. The quantitative estimate of drug-likeness (QED) is 0.409. The maximum Gasteiger partial charge on any atom is 0.416 e. The summed E-state index contributed by atoms with van der Waals surface area (Å²) in [5.74, 6) is 2.72. The third-order valence-electron chi connectivity index (χ3n) is 7.08. The topological polar surface area (TPSA) is 41.5 Å². The van der Waals surface area contributed by atoms with Crippen LogP contribution in [0.3, 0.4) is 0 Å². The van der Waals surface area contributed by atoms with Gasteiger partial charge in [-0.25, -0.2) is 4.98 Å². The molecule has 5 rings (SSSR count). The van der Waals surface area contributed by atoms with Crippen LogP contribution in [0.4, 0.5) is 19.1 Å². The standard InChI is InChI=1S/C28H31F3N4O/c1-19-3-9-23(10-4-19)36-26-24-18-34(17-21-5-7-22(8-6-21)28(29,30)31)14-13-25(24)32-27(33-26)35-15-11-20(2)12-16-35/h3-10,20H,11-18H2,1-2H3. The number of hydrogen-bond acceptors (Lipinski definition) is 5. The molecule has 1 aromatic heterocycles. The Bertz CT molecular complexity index is 1190. The van der Waals surface area contributed by atoms with Gasteiger partial charge in [-0.3, -0.25) is 4.90 Å². The van der Waals surface area contributed by atoms with Gasteiger partial charge in [0.1, 0.15) is 5.75 Å². The first-order valence-electron chi connectivity index (χ1n) is 12.5. The number of piperidine rings is 1. The molecule has 0 saturated carbocycles. The van der Waals surface area contributed by atoms with Gasteiger partial charge in [0, 0.05) is 39.1 Å². The maximum atomic E-state index is 12.9. The Labute approximate surface area is 209 Å². The Morgan fingerprint density at radius 2 is 1.64 bits per heavy atom. The second-order valence-electron chi connectivity index (χ2n) is 9.99. The number of rotatable bonds is 5. The van der Waals surface area contributed by atoms with E-state index in [0.29, 0.717) is 24.9 Å². The summed E-state index contributed by atoms with van der Waals surface area (Å²) in [7, 11) is 0. The first-order valence-corrected chi connectivity index (χ1v) is 12.5. The number of aromatic nitrogens is 2. The van der Waals surface area contributed by atoms with Crippen LogP contribution in [0.2, 0.25) is 0 Å². The fraction of sp³-hybridized carbons (Fsp3) is 0.429. The average Bonchev–Trinajstić information content (AvgIpc) is 2.86. The highest BCUT2D eigenvalue weighted by Crippen LogP contribution is 2.34. The van der Waals surface area contributed by atoms with Crippen molar-refractivity contribution in [2.75, 3.05) is 24.5 Å². The van der Waals surface area contributed by atoms with Gasteiger partial charge in [0.15, 0.2) is 0 Å². The van der Waals surface area contributed by atoms with E-state index in [4.69, 9.17) is 14.7 Å². The fourth-order valence-corrected chi connectivity index (χ4v) is 4.77. The van der Waals surface area contributed by atoms with Crippen molar-refractivity contribution in [1.82, 2.24) is 14.9 Å². The Morgan fingerprint density at radius 3 is 2.31 bits per heavy atom. The number of alkyl halides is 3. The van der Waals surface area contributed by atoms with Crippen molar-refractivity contribution in [3.05, 3.63) is 76.5 Å². The summed E-state index contributed by atoms with van der Waals surface area (Å²) < 4.78 is 45.1.